The van der Waals surface area contributed by atoms with Crippen LogP contribution in [0.2, 0.25) is 0 Å². The normalized spacial score (nSPS) is 10.5. The van der Waals surface area contributed by atoms with Crippen LogP contribution in [-0.4, -0.2) is 10.6 Å². The predicted octanol–water partition coefficient (Wildman–Crippen LogP) is 4.14. The van der Waals surface area contributed by atoms with Gasteiger partial charge in [-0.05, 0) is 29.8 Å². The molecule has 0 spiro atoms. The molecule has 0 bridgehead atoms. The summed E-state index contributed by atoms with van der Waals surface area (Å²) in [4.78, 5) is 11.9. The quantitative estimate of drug-likeness (QED) is 0.720. The summed E-state index contributed by atoms with van der Waals surface area (Å²) < 4.78 is 28.4. The average Bonchev–Trinajstić information content (AvgIpc) is 3.03. The summed E-state index contributed by atoms with van der Waals surface area (Å²) in [6.07, 6.45) is 1.93. The molecule has 0 aliphatic carbocycles. The third-order valence-corrected chi connectivity index (χ3v) is 3.73. The SMILES string of the molecule is O=C(NCc1cccn1Cc1ccccc1)Nc1ccc(F)cc1F. The number of anilines is 1. The van der Waals surface area contributed by atoms with Crippen LogP contribution in [0.3, 0.4) is 0 Å². The Hall–Kier alpha value is -3.15. The van der Waals surface area contributed by atoms with Gasteiger partial charge in [-0.1, -0.05) is 30.3 Å². The lowest BCUT2D eigenvalue weighted by Crippen LogP contribution is -2.29. The van der Waals surface area contributed by atoms with Gasteiger partial charge in [0.15, 0.2) is 0 Å². The molecule has 0 saturated carbocycles. The van der Waals surface area contributed by atoms with E-state index in [9.17, 15) is 13.6 Å². The molecule has 0 radical (unpaired) electrons. The number of amides is 2. The molecule has 25 heavy (non-hydrogen) atoms. The Bertz CT molecular complexity index is 862. The van der Waals surface area contributed by atoms with Crippen molar-refractivity contribution in [3.8, 4) is 0 Å². The Balaban J connectivity index is 1.58. The van der Waals surface area contributed by atoms with Crippen molar-refractivity contribution in [3.05, 3.63) is 89.8 Å². The number of carbonyl (C=O) groups excluding carboxylic acids is 1. The number of aromatic nitrogens is 1. The highest BCUT2D eigenvalue weighted by Gasteiger charge is 2.09. The monoisotopic (exact) mass is 341 g/mol. The molecule has 0 unspecified atom stereocenters. The van der Waals surface area contributed by atoms with Gasteiger partial charge in [0, 0.05) is 24.5 Å². The zero-order chi connectivity index (χ0) is 17.6. The fraction of sp³-hybridized carbons (Fsp3) is 0.105. The number of carbonyl (C=O) groups is 1. The van der Waals surface area contributed by atoms with Crippen LogP contribution in [0.4, 0.5) is 19.3 Å². The lowest BCUT2D eigenvalue weighted by molar-refractivity contribution is 0.251. The van der Waals surface area contributed by atoms with Gasteiger partial charge in [-0.2, -0.15) is 0 Å². The van der Waals surface area contributed by atoms with Gasteiger partial charge >= 0.3 is 6.03 Å². The summed E-state index contributed by atoms with van der Waals surface area (Å²) in [5, 5.41) is 5.04. The summed E-state index contributed by atoms with van der Waals surface area (Å²) >= 11 is 0. The molecule has 0 saturated heterocycles. The van der Waals surface area contributed by atoms with Crippen molar-refractivity contribution in [2.24, 2.45) is 0 Å². The van der Waals surface area contributed by atoms with E-state index in [1.54, 1.807) is 0 Å². The van der Waals surface area contributed by atoms with Gasteiger partial charge in [-0.25, -0.2) is 13.6 Å². The number of hydrogen-bond donors (Lipinski definition) is 2. The van der Waals surface area contributed by atoms with Crippen LogP contribution in [0.1, 0.15) is 11.3 Å². The standard InChI is InChI=1S/C19H17F2N3O/c20-15-8-9-18(17(21)11-15)23-19(25)22-12-16-7-4-10-24(16)13-14-5-2-1-3-6-14/h1-11H,12-13H2,(H2,22,23,25). The van der Waals surface area contributed by atoms with Crippen molar-refractivity contribution in [1.29, 1.82) is 0 Å². The van der Waals surface area contributed by atoms with Crippen LogP contribution < -0.4 is 10.6 Å². The molecule has 128 valence electrons. The predicted molar refractivity (Wildman–Crippen MR) is 92.2 cm³/mol. The van der Waals surface area contributed by atoms with E-state index in [1.165, 1.54) is 6.07 Å². The van der Waals surface area contributed by atoms with E-state index in [4.69, 9.17) is 0 Å². The van der Waals surface area contributed by atoms with Gasteiger partial charge in [-0.3, -0.25) is 0 Å². The molecule has 2 amide bonds. The summed E-state index contributed by atoms with van der Waals surface area (Å²) in [5.41, 5.74) is 2.00. The molecule has 1 heterocycles. The van der Waals surface area contributed by atoms with Crippen molar-refractivity contribution in [2.45, 2.75) is 13.1 Å². The highest BCUT2D eigenvalue weighted by Crippen LogP contribution is 2.14. The van der Waals surface area contributed by atoms with E-state index in [1.807, 2.05) is 53.2 Å². The number of nitrogens with one attached hydrogen (secondary N) is 2. The van der Waals surface area contributed by atoms with Crippen LogP contribution in [0.15, 0.2) is 66.9 Å². The lowest BCUT2D eigenvalue weighted by Gasteiger charge is -2.11. The minimum absolute atomic E-state index is 0.0708. The topological polar surface area (TPSA) is 46.1 Å². The smallest absolute Gasteiger partial charge is 0.319 e. The number of rotatable bonds is 5. The van der Waals surface area contributed by atoms with Crippen LogP contribution in [0, 0.1) is 11.6 Å². The number of hydrogen-bond acceptors (Lipinski definition) is 1. The number of nitrogens with zero attached hydrogens (tertiary/aromatic N) is 1. The van der Waals surface area contributed by atoms with E-state index in [-0.39, 0.29) is 12.2 Å². The Morgan fingerprint density at radius 2 is 1.80 bits per heavy atom. The van der Waals surface area contributed by atoms with Crippen molar-refractivity contribution in [2.75, 3.05) is 5.32 Å². The van der Waals surface area contributed by atoms with Crippen molar-refractivity contribution in [3.63, 3.8) is 0 Å². The lowest BCUT2D eigenvalue weighted by atomic mass is 10.2. The molecule has 0 aliphatic rings. The van der Waals surface area contributed by atoms with E-state index >= 15 is 0 Å². The van der Waals surface area contributed by atoms with Gasteiger partial charge in [0.1, 0.15) is 11.6 Å². The van der Waals surface area contributed by atoms with Crippen molar-refractivity contribution < 1.29 is 13.6 Å². The third-order valence-electron chi connectivity index (χ3n) is 3.73. The Morgan fingerprint density at radius 3 is 2.56 bits per heavy atom. The molecule has 6 heteroatoms. The van der Waals surface area contributed by atoms with Crippen molar-refractivity contribution >= 4 is 11.7 Å². The third kappa shape index (κ3) is 4.44. The highest BCUT2D eigenvalue weighted by molar-refractivity contribution is 5.89. The van der Waals surface area contributed by atoms with Gasteiger partial charge < -0.3 is 15.2 Å². The molecule has 2 N–H and O–H groups in total. The average molecular weight is 341 g/mol. The minimum Gasteiger partial charge on any atom is -0.345 e. The maximum absolute atomic E-state index is 13.5. The second kappa shape index (κ2) is 7.61. The van der Waals surface area contributed by atoms with E-state index in [0.717, 1.165) is 23.4 Å². The van der Waals surface area contributed by atoms with E-state index in [2.05, 4.69) is 10.6 Å². The molecule has 0 aliphatic heterocycles. The maximum atomic E-state index is 13.5. The van der Waals surface area contributed by atoms with Crippen LogP contribution >= 0.6 is 0 Å². The number of halogens is 2. The van der Waals surface area contributed by atoms with Gasteiger partial charge in [0.05, 0.1) is 12.2 Å². The summed E-state index contributed by atoms with van der Waals surface area (Å²) in [6.45, 7) is 0.980. The first kappa shape index (κ1) is 16.7. The van der Waals surface area contributed by atoms with Gasteiger partial charge in [0.25, 0.3) is 0 Å². The van der Waals surface area contributed by atoms with Crippen LogP contribution in [0.5, 0.6) is 0 Å². The van der Waals surface area contributed by atoms with Crippen LogP contribution in [0.25, 0.3) is 0 Å². The zero-order valence-electron chi connectivity index (χ0n) is 13.4. The molecule has 0 fully saturated rings. The number of benzene rings is 2. The van der Waals surface area contributed by atoms with Crippen LogP contribution in [-0.2, 0) is 13.1 Å². The first-order valence-electron chi connectivity index (χ1n) is 7.79. The molecular weight excluding hydrogens is 324 g/mol. The molecule has 2 aromatic carbocycles. The second-order valence-corrected chi connectivity index (χ2v) is 5.54. The second-order valence-electron chi connectivity index (χ2n) is 5.54. The Kier molecular flexibility index (Phi) is 5.09. The Morgan fingerprint density at radius 1 is 1.00 bits per heavy atom. The summed E-state index contributed by atoms with van der Waals surface area (Å²) in [5.74, 6) is -1.51. The molecular formula is C19H17F2N3O. The molecule has 3 aromatic rings. The first-order valence-corrected chi connectivity index (χ1v) is 7.79. The fourth-order valence-corrected chi connectivity index (χ4v) is 2.47. The van der Waals surface area contributed by atoms with E-state index in [0.29, 0.717) is 6.54 Å². The highest BCUT2D eigenvalue weighted by atomic mass is 19.1. The molecule has 0 atom stereocenters. The van der Waals surface area contributed by atoms with Gasteiger partial charge in [0.2, 0.25) is 0 Å². The maximum Gasteiger partial charge on any atom is 0.319 e. The fourth-order valence-electron chi connectivity index (χ4n) is 2.47. The molecule has 3 rings (SSSR count). The zero-order valence-corrected chi connectivity index (χ0v) is 13.4. The minimum atomic E-state index is -0.817. The summed E-state index contributed by atoms with van der Waals surface area (Å²) in [7, 11) is 0. The van der Waals surface area contributed by atoms with Crippen molar-refractivity contribution in [1.82, 2.24) is 9.88 Å². The molecule has 4 nitrogen and oxygen atoms in total. The molecule has 1 aromatic heterocycles. The van der Waals surface area contributed by atoms with Gasteiger partial charge in [-0.15, -0.1) is 0 Å². The summed E-state index contributed by atoms with van der Waals surface area (Å²) in [6, 6.07) is 16.2. The Labute approximate surface area is 144 Å². The van der Waals surface area contributed by atoms with E-state index < -0.39 is 17.7 Å². The number of urea groups is 1. The largest absolute Gasteiger partial charge is 0.345 e. The first-order chi connectivity index (χ1) is 12.1.